The Bertz CT molecular complexity index is 959. The number of ketones is 1. The van der Waals surface area contributed by atoms with E-state index in [1.807, 2.05) is 20.8 Å². The van der Waals surface area contributed by atoms with Crippen molar-refractivity contribution in [2.75, 3.05) is 7.11 Å². The first-order chi connectivity index (χ1) is 14.7. The van der Waals surface area contributed by atoms with Gasteiger partial charge in [0.1, 0.15) is 11.7 Å². The molecular formula is C24H29NO6. The number of carbonyl (C=O) groups is 3. The highest BCUT2D eigenvalue weighted by atomic mass is 16.5. The topological polar surface area (TPSA) is 102 Å². The van der Waals surface area contributed by atoms with Crippen LogP contribution in [-0.4, -0.2) is 36.0 Å². The summed E-state index contributed by atoms with van der Waals surface area (Å²) >= 11 is 0. The van der Waals surface area contributed by atoms with Gasteiger partial charge in [-0.05, 0) is 50.3 Å². The van der Waals surface area contributed by atoms with E-state index in [0.717, 1.165) is 0 Å². The molecule has 4 unspecified atom stereocenters. The summed E-state index contributed by atoms with van der Waals surface area (Å²) < 4.78 is 10.5. The molecule has 0 bridgehead atoms. The molecule has 0 spiro atoms. The van der Waals surface area contributed by atoms with Crippen LogP contribution in [0.15, 0.2) is 46.8 Å². The van der Waals surface area contributed by atoms with Crippen molar-refractivity contribution >= 4 is 17.7 Å². The number of ether oxygens (including phenoxy) is 2. The molecule has 1 aliphatic carbocycles. The number of phenols is 1. The first kappa shape index (κ1) is 22.6. The van der Waals surface area contributed by atoms with Crippen molar-refractivity contribution in [3.05, 3.63) is 52.4 Å². The first-order valence-electron chi connectivity index (χ1n) is 10.5. The zero-order chi connectivity index (χ0) is 22.9. The van der Waals surface area contributed by atoms with E-state index in [1.54, 1.807) is 19.1 Å². The van der Waals surface area contributed by atoms with E-state index in [1.165, 1.54) is 19.2 Å². The van der Waals surface area contributed by atoms with Gasteiger partial charge in [0.2, 0.25) is 0 Å². The van der Waals surface area contributed by atoms with Crippen LogP contribution in [0.5, 0.6) is 5.75 Å². The minimum absolute atomic E-state index is 0.0763. The zero-order valence-electron chi connectivity index (χ0n) is 18.5. The van der Waals surface area contributed by atoms with Crippen LogP contribution in [0.4, 0.5) is 0 Å². The van der Waals surface area contributed by atoms with E-state index >= 15 is 0 Å². The first-order valence-corrected chi connectivity index (χ1v) is 10.5. The summed E-state index contributed by atoms with van der Waals surface area (Å²) in [5.74, 6) is -3.25. The average molecular weight is 427 g/mol. The van der Waals surface area contributed by atoms with Crippen LogP contribution in [0.2, 0.25) is 0 Å². The molecule has 0 amide bonds. The molecule has 2 aliphatic rings. The summed E-state index contributed by atoms with van der Waals surface area (Å²) in [7, 11) is 1.27. The van der Waals surface area contributed by atoms with Crippen LogP contribution in [0.3, 0.4) is 0 Å². The second-order valence-electron chi connectivity index (χ2n) is 8.25. The molecule has 4 atom stereocenters. The molecule has 7 nitrogen and oxygen atoms in total. The molecule has 0 saturated heterocycles. The summed E-state index contributed by atoms with van der Waals surface area (Å²) in [6.45, 7) is 7.35. The van der Waals surface area contributed by atoms with E-state index in [-0.39, 0.29) is 23.6 Å². The number of methoxy groups -OCH3 is 1. The van der Waals surface area contributed by atoms with Gasteiger partial charge in [-0.25, -0.2) is 4.79 Å². The molecule has 0 fully saturated rings. The number of hydrogen-bond donors (Lipinski definition) is 2. The third kappa shape index (κ3) is 4.22. The number of nitrogens with one attached hydrogen (secondary N) is 1. The van der Waals surface area contributed by atoms with Crippen LogP contribution < -0.4 is 5.32 Å². The van der Waals surface area contributed by atoms with Crippen molar-refractivity contribution in [1.29, 1.82) is 0 Å². The number of esters is 2. The monoisotopic (exact) mass is 427 g/mol. The SMILES string of the molecule is CCC(C)OC(=O)C1=C(C)NC2=C(C(=O)C(C(=O)OC)C(C)C2)C1c1ccc(O)cc1. The van der Waals surface area contributed by atoms with Crippen LogP contribution in [0, 0.1) is 11.8 Å². The van der Waals surface area contributed by atoms with Crippen molar-refractivity contribution in [2.24, 2.45) is 11.8 Å². The molecular weight excluding hydrogens is 398 g/mol. The van der Waals surface area contributed by atoms with Gasteiger partial charge in [-0.3, -0.25) is 9.59 Å². The molecule has 0 aromatic heterocycles. The summed E-state index contributed by atoms with van der Waals surface area (Å²) in [6, 6.07) is 6.38. The number of carbonyl (C=O) groups excluding carboxylic acids is 3. The van der Waals surface area contributed by atoms with E-state index in [4.69, 9.17) is 9.47 Å². The van der Waals surface area contributed by atoms with Crippen molar-refractivity contribution in [1.82, 2.24) is 5.32 Å². The highest BCUT2D eigenvalue weighted by Crippen LogP contribution is 2.45. The van der Waals surface area contributed by atoms with Gasteiger partial charge in [-0.15, -0.1) is 0 Å². The van der Waals surface area contributed by atoms with Crippen molar-refractivity contribution in [3.8, 4) is 5.75 Å². The number of allylic oxidation sites excluding steroid dienone is 3. The molecule has 31 heavy (non-hydrogen) atoms. The Hall–Kier alpha value is -3.09. The van der Waals surface area contributed by atoms with Gasteiger partial charge in [0.15, 0.2) is 5.78 Å². The number of aromatic hydroxyl groups is 1. The predicted molar refractivity (Wildman–Crippen MR) is 114 cm³/mol. The Balaban J connectivity index is 2.15. The molecule has 1 aromatic carbocycles. The molecule has 1 aromatic rings. The predicted octanol–water partition coefficient (Wildman–Crippen LogP) is 3.35. The van der Waals surface area contributed by atoms with Crippen LogP contribution in [0.25, 0.3) is 0 Å². The standard InChI is InChI=1S/C24H29NO6/c1-6-13(3)31-24(29)19-14(4)25-17-11-12(2)18(23(28)30-5)22(27)21(17)20(19)15-7-9-16(26)10-8-15/h7-10,12-13,18,20,25-26H,6,11H2,1-5H3. The number of dihydropyridines is 1. The lowest BCUT2D eigenvalue weighted by molar-refractivity contribution is -0.151. The van der Waals surface area contributed by atoms with Crippen molar-refractivity contribution < 1.29 is 29.0 Å². The van der Waals surface area contributed by atoms with Crippen LogP contribution in [-0.2, 0) is 23.9 Å². The second kappa shape index (κ2) is 8.96. The van der Waals surface area contributed by atoms with Gasteiger partial charge < -0.3 is 19.9 Å². The number of rotatable bonds is 5. The third-order valence-corrected chi connectivity index (χ3v) is 6.07. The molecule has 0 radical (unpaired) electrons. The van der Waals surface area contributed by atoms with Gasteiger partial charge in [-0.1, -0.05) is 26.0 Å². The highest BCUT2D eigenvalue weighted by molar-refractivity contribution is 6.12. The van der Waals surface area contributed by atoms with Crippen LogP contribution >= 0.6 is 0 Å². The Morgan fingerprint density at radius 2 is 1.90 bits per heavy atom. The second-order valence-corrected chi connectivity index (χ2v) is 8.25. The zero-order valence-corrected chi connectivity index (χ0v) is 18.5. The lowest BCUT2D eigenvalue weighted by Crippen LogP contribution is -2.43. The summed E-state index contributed by atoms with van der Waals surface area (Å²) in [5.41, 5.74) is 2.68. The summed E-state index contributed by atoms with van der Waals surface area (Å²) in [6.07, 6.45) is 0.846. The van der Waals surface area contributed by atoms with Gasteiger partial charge in [-0.2, -0.15) is 0 Å². The van der Waals surface area contributed by atoms with Crippen molar-refractivity contribution in [2.45, 2.75) is 52.6 Å². The summed E-state index contributed by atoms with van der Waals surface area (Å²) in [5, 5.41) is 13.0. The number of Topliss-reactive ketones (excluding diaryl/α,β-unsaturated/α-hetero) is 1. The molecule has 0 saturated carbocycles. The lowest BCUT2D eigenvalue weighted by atomic mass is 9.69. The van der Waals surface area contributed by atoms with E-state index in [2.05, 4.69) is 5.32 Å². The maximum atomic E-state index is 13.6. The third-order valence-electron chi connectivity index (χ3n) is 6.07. The quantitative estimate of drug-likeness (QED) is 0.549. The van der Waals surface area contributed by atoms with Gasteiger partial charge in [0, 0.05) is 22.9 Å². The fraction of sp³-hybridized carbons (Fsp3) is 0.458. The minimum atomic E-state index is -0.935. The van der Waals surface area contributed by atoms with E-state index in [9.17, 15) is 19.5 Å². The molecule has 1 aliphatic heterocycles. The maximum Gasteiger partial charge on any atom is 0.337 e. The van der Waals surface area contributed by atoms with Gasteiger partial charge in [0.25, 0.3) is 0 Å². The Kier molecular flexibility index (Phi) is 6.53. The molecule has 1 heterocycles. The Labute approximate surface area is 182 Å². The largest absolute Gasteiger partial charge is 0.508 e. The van der Waals surface area contributed by atoms with Gasteiger partial charge in [0.05, 0.1) is 18.8 Å². The van der Waals surface area contributed by atoms with E-state index in [0.29, 0.717) is 40.9 Å². The smallest absolute Gasteiger partial charge is 0.337 e. The average Bonchev–Trinajstić information content (AvgIpc) is 2.72. The molecule has 3 rings (SSSR count). The van der Waals surface area contributed by atoms with E-state index < -0.39 is 23.8 Å². The normalized spacial score (nSPS) is 24.3. The number of phenolic OH excluding ortho intramolecular Hbond substituents is 1. The van der Waals surface area contributed by atoms with Crippen molar-refractivity contribution in [3.63, 3.8) is 0 Å². The Morgan fingerprint density at radius 1 is 1.26 bits per heavy atom. The highest BCUT2D eigenvalue weighted by Gasteiger charge is 2.47. The fourth-order valence-electron chi connectivity index (χ4n) is 4.28. The number of hydrogen-bond acceptors (Lipinski definition) is 7. The Morgan fingerprint density at radius 3 is 2.48 bits per heavy atom. The fourth-order valence-corrected chi connectivity index (χ4v) is 4.28. The maximum absolute atomic E-state index is 13.6. The van der Waals surface area contributed by atoms with Crippen LogP contribution in [0.1, 0.15) is 52.0 Å². The molecule has 2 N–H and O–H groups in total. The minimum Gasteiger partial charge on any atom is -0.508 e. The molecule has 166 valence electrons. The number of benzene rings is 1. The summed E-state index contributed by atoms with van der Waals surface area (Å²) in [4.78, 5) is 39.1. The molecule has 7 heteroatoms. The lowest BCUT2D eigenvalue weighted by Gasteiger charge is -2.38. The van der Waals surface area contributed by atoms with Gasteiger partial charge >= 0.3 is 11.9 Å².